The maximum absolute atomic E-state index is 12.4. The maximum atomic E-state index is 12.4. The second kappa shape index (κ2) is 9.12. The molecule has 0 aliphatic heterocycles. The van der Waals surface area contributed by atoms with Gasteiger partial charge in [-0.15, -0.1) is 0 Å². The van der Waals surface area contributed by atoms with Gasteiger partial charge in [0, 0.05) is 18.4 Å². The Kier molecular flexibility index (Phi) is 6.89. The molecular formula is C20H23NO5. The number of amides is 1. The van der Waals surface area contributed by atoms with Crippen LogP contribution in [0.3, 0.4) is 0 Å². The van der Waals surface area contributed by atoms with Gasteiger partial charge in [0.15, 0.2) is 0 Å². The first kappa shape index (κ1) is 19.6. The average Bonchev–Trinajstić information content (AvgIpc) is 2.60. The molecule has 6 nitrogen and oxygen atoms in total. The van der Waals surface area contributed by atoms with Crippen molar-refractivity contribution in [3.8, 4) is 0 Å². The topological polar surface area (TPSA) is 84.9 Å². The fourth-order valence-corrected chi connectivity index (χ4v) is 2.36. The summed E-state index contributed by atoms with van der Waals surface area (Å²) in [5.74, 6) is -1.37. The van der Waals surface area contributed by atoms with Crippen molar-refractivity contribution in [2.24, 2.45) is 0 Å². The smallest absolute Gasteiger partial charge is 0.335 e. The molecule has 26 heavy (non-hydrogen) atoms. The molecule has 1 amide bonds. The zero-order chi connectivity index (χ0) is 19.1. The van der Waals surface area contributed by atoms with Crippen LogP contribution in [0.25, 0.3) is 0 Å². The van der Waals surface area contributed by atoms with Crippen LogP contribution in [-0.4, -0.2) is 30.2 Å². The van der Waals surface area contributed by atoms with Crippen molar-refractivity contribution in [1.82, 2.24) is 0 Å². The minimum atomic E-state index is -1.06. The van der Waals surface area contributed by atoms with E-state index < -0.39 is 5.97 Å². The number of aromatic carboxylic acids is 1. The monoisotopic (exact) mass is 357 g/mol. The van der Waals surface area contributed by atoms with Crippen molar-refractivity contribution < 1.29 is 24.2 Å². The van der Waals surface area contributed by atoms with E-state index in [9.17, 15) is 14.7 Å². The molecule has 2 aromatic rings. The van der Waals surface area contributed by atoms with Gasteiger partial charge in [-0.3, -0.25) is 4.79 Å². The third kappa shape index (κ3) is 5.68. The fourth-order valence-electron chi connectivity index (χ4n) is 2.36. The average molecular weight is 357 g/mol. The van der Waals surface area contributed by atoms with Gasteiger partial charge >= 0.3 is 5.97 Å². The summed E-state index contributed by atoms with van der Waals surface area (Å²) in [5, 5.41) is 11.9. The second-order valence-electron chi connectivity index (χ2n) is 6.17. The number of carbonyl (C=O) groups excluding carboxylic acids is 1. The second-order valence-corrected chi connectivity index (χ2v) is 6.17. The van der Waals surface area contributed by atoms with Crippen LogP contribution in [0.1, 0.15) is 45.7 Å². The Morgan fingerprint density at radius 1 is 1.00 bits per heavy atom. The highest BCUT2D eigenvalue weighted by atomic mass is 16.5. The van der Waals surface area contributed by atoms with E-state index in [-0.39, 0.29) is 24.2 Å². The standard InChI is InChI=1S/C20H23NO5/c1-13(2)26-12-14-4-6-16(7-5-14)19(22)21-18-9-15(11-25-3)8-17(10-18)20(23)24/h4-10,13H,11-12H2,1-3H3,(H,21,22)(H,23,24). The van der Waals surface area contributed by atoms with Gasteiger partial charge in [0.1, 0.15) is 0 Å². The molecule has 0 atom stereocenters. The first-order valence-electron chi connectivity index (χ1n) is 8.27. The first-order chi connectivity index (χ1) is 12.4. The zero-order valence-corrected chi connectivity index (χ0v) is 15.1. The molecule has 0 unspecified atom stereocenters. The van der Waals surface area contributed by atoms with Crippen molar-refractivity contribution in [2.75, 3.05) is 12.4 Å². The van der Waals surface area contributed by atoms with Crippen LogP contribution in [0, 0.1) is 0 Å². The summed E-state index contributed by atoms with van der Waals surface area (Å²) in [4.78, 5) is 23.7. The number of benzene rings is 2. The normalized spacial score (nSPS) is 10.8. The lowest BCUT2D eigenvalue weighted by Crippen LogP contribution is -2.13. The van der Waals surface area contributed by atoms with Gasteiger partial charge in [-0.25, -0.2) is 4.79 Å². The van der Waals surface area contributed by atoms with Gasteiger partial charge in [-0.2, -0.15) is 0 Å². The molecule has 0 aliphatic rings. The quantitative estimate of drug-likeness (QED) is 0.752. The van der Waals surface area contributed by atoms with Crippen molar-refractivity contribution in [3.63, 3.8) is 0 Å². The Bertz CT molecular complexity index is 768. The molecule has 0 saturated carbocycles. The van der Waals surface area contributed by atoms with E-state index >= 15 is 0 Å². The van der Waals surface area contributed by atoms with E-state index in [1.165, 1.54) is 19.2 Å². The number of carboxylic acid groups (broad SMARTS) is 1. The lowest BCUT2D eigenvalue weighted by molar-refractivity contribution is 0.0656. The van der Waals surface area contributed by atoms with E-state index in [4.69, 9.17) is 9.47 Å². The molecule has 0 saturated heterocycles. The van der Waals surface area contributed by atoms with Crippen LogP contribution >= 0.6 is 0 Å². The van der Waals surface area contributed by atoms with E-state index in [2.05, 4.69) is 5.32 Å². The summed E-state index contributed by atoms with van der Waals surface area (Å²) in [7, 11) is 1.52. The number of hydrogen-bond donors (Lipinski definition) is 2. The highest BCUT2D eigenvalue weighted by Gasteiger charge is 2.11. The first-order valence-corrected chi connectivity index (χ1v) is 8.27. The molecular weight excluding hydrogens is 334 g/mol. The lowest BCUT2D eigenvalue weighted by Gasteiger charge is -2.10. The number of rotatable bonds is 8. The number of ether oxygens (including phenoxy) is 2. The van der Waals surface area contributed by atoms with E-state index in [1.807, 2.05) is 26.0 Å². The summed E-state index contributed by atoms with van der Waals surface area (Å²) in [6.07, 6.45) is 0.140. The van der Waals surface area contributed by atoms with Gasteiger partial charge in [0.2, 0.25) is 0 Å². The molecule has 0 heterocycles. The molecule has 0 bridgehead atoms. The van der Waals surface area contributed by atoms with Crippen molar-refractivity contribution in [3.05, 3.63) is 64.7 Å². The number of nitrogens with one attached hydrogen (secondary N) is 1. The van der Waals surface area contributed by atoms with Crippen LogP contribution in [-0.2, 0) is 22.7 Å². The molecule has 138 valence electrons. The van der Waals surface area contributed by atoms with E-state index in [0.29, 0.717) is 23.4 Å². The Labute approximate surface area is 152 Å². The summed E-state index contributed by atoms with van der Waals surface area (Å²) in [6.45, 7) is 4.67. The molecule has 0 spiro atoms. The summed E-state index contributed by atoms with van der Waals surface area (Å²) < 4.78 is 10.6. The summed E-state index contributed by atoms with van der Waals surface area (Å²) in [5.41, 5.74) is 2.63. The Morgan fingerprint density at radius 3 is 2.27 bits per heavy atom. The third-order valence-electron chi connectivity index (χ3n) is 3.61. The molecule has 6 heteroatoms. The van der Waals surface area contributed by atoms with Crippen LogP contribution in [0.15, 0.2) is 42.5 Å². The predicted octanol–water partition coefficient (Wildman–Crippen LogP) is 3.71. The minimum Gasteiger partial charge on any atom is -0.478 e. The van der Waals surface area contributed by atoms with E-state index in [1.54, 1.807) is 18.2 Å². The molecule has 0 aliphatic carbocycles. The van der Waals surface area contributed by atoms with Crippen LogP contribution < -0.4 is 5.32 Å². The number of carboxylic acids is 1. The Morgan fingerprint density at radius 2 is 1.69 bits per heavy atom. The molecule has 0 radical (unpaired) electrons. The van der Waals surface area contributed by atoms with Crippen molar-refractivity contribution in [1.29, 1.82) is 0 Å². The van der Waals surface area contributed by atoms with Crippen LogP contribution in [0.2, 0.25) is 0 Å². The van der Waals surface area contributed by atoms with Crippen LogP contribution in [0.4, 0.5) is 5.69 Å². The predicted molar refractivity (Wildman–Crippen MR) is 98.4 cm³/mol. The molecule has 0 fully saturated rings. The number of hydrogen-bond acceptors (Lipinski definition) is 4. The summed E-state index contributed by atoms with van der Waals surface area (Å²) in [6, 6.07) is 11.7. The van der Waals surface area contributed by atoms with Crippen molar-refractivity contribution >= 4 is 17.6 Å². The van der Waals surface area contributed by atoms with Gasteiger partial charge in [0.05, 0.1) is 24.9 Å². The number of methoxy groups -OCH3 is 1. The largest absolute Gasteiger partial charge is 0.478 e. The number of anilines is 1. The van der Waals surface area contributed by atoms with E-state index in [0.717, 1.165) is 5.56 Å². The fraction of sp³-hybridized carbons (Fsp3) is 0.300. The zero-order valence-electron chi connectivity index (χ0n) is 15.1. The highest BCUT2D eigenvalue weighted by molar-refractivity contribution is 6.04. The molecule has 2 N–H and O–H groups in total. The molecule has 2 aromatic carbocycles. The minimum absolute atomic E-state index is 0.0935. The molecule has 0 aromatic heterocycles. The van der Waals surface area contributed by atoms with Gasteiger partial charge in [-0.05, 0) is 55.3 Å². The van der Waals surface area contributed by atoms with Crippen LogP contribution in [0.5, 0.6) is 0 Å². The lowest BCUT2D eigenvalue weighted by atomic mass is 10.1. The highest BCUT2D eigenvalue weighted by Crippen LogP contribution is 2.17. The van der Waals surface area contributed by atoms with Crippen molar-refractivity contribution in [2.45, 2.75) is 33.2 Å². The summed E-state index contributed by atoms with van der Waals surface area (Å²) >= 11 is 0. The molecule has 2 rings (SSSR count). The number of carbonyl (C=O) groups is 2. The SMILES string of the molecule is COCc1cc(NC(=O)c2ccc(COC(C)C)cc2)cc(C(=O)O)c1. The Balaban J connectivity index is 2.12. The Hall–Kier alpha value is -2.70. The van der Waals surface area contributed by atoms with Gasteiger partial charge < -0.3 is 19.9 Å². The maximum Gasteiger partial charge on any atom is 0.335 e. The van der Waals surface area contributed by atoms with Gasteiger partial charge in [0.25, 0.3) is 5.91 Å². The van der Waals surface area contributed by atoms with Gasteiger partial charge in [-0.1, -0.05) is 12.1 Å². The third-order valence-corrected chi connectivity index (χ3v) is 3.61.